The number of hydrogen-bond donors (Lipinski definition) is 2. The van der Waals surface area contributed by atoms with Gasteiger partial charge in [-0.3, -0.25) is 4.79 Å². The molecule has 2 saturated carbocycles. The first-order valence-corrected chi connectivity index (χ1v) is 12.1. The van der Waals surface area contributed by atoms with Gasteiger partial charge < -0.3 is 19.8 Å². The van der Waals surface area contributed by atoms with E-state index in [1.54, 1.807) is 0 Å². The highest BCUT2D eigenvalue weighted by atomic mass is 19.3. The van der Waals surface area contributed by atoms with E-state index in [4.69, 9.17) is 4.52 Å². The minimum absolute atomic E-state index is 0.0174. The molecule has 1 aromatic heterocycles. The van der Waals surface area contributed by atoms with Gasteiger partial charge in [0, 0.05) is 43.8 Å². The molecule has 0 radical (unpaired) electrons. The predicted molar refractivity (Wildman–Crippen MR) is 112 cm³/mol. The molecule has 2 aliphatic heterocycles. The lowest BCUT2D eigenvalue weighted by Gasteiger charge is -2.54. The van der Waals surface area contributed by atoms with Crippen LogP contribution in [0.25, 0.3) is 0 Å². The molecule has 1 spiro atoms. The number of carbonyl (C=O) groups is 1. The smallest absolute Gasteiger partial charge is 0.248 e. The van der Waals surface area contributed by atoms with Crippen LogP contribution in [0.3, 0.4) is 0 Å². The number of amides is 1. The molecule has 178 valence electrons. The fraction of sp³-hybridized carbons (Fsp3) is 0.870. The van der Waals surface area contributed by atoms with Crippen LogP contribution < -0.4 is 5.32 Å². The summed E-state index contributed by atoms with van der Waals surface area (Å²) in [5.74, 6) is -1.46. The second-order valence-electron chi connectivity index (χ2n) is 11.0. The molecule has 2 aliphatic carbocycles. The van der Waals surface area contributed by atoms with Crippen LogP contribution in [-0.4, -0.2) is 63.8 Å². The Hall–Kier alpha value is -1.61. The van der Waals surface area contributed by atoms with Crippen molar-refractivity contribution >= 4 is 5.91 Å². The summed E-state index contributed by atoms with van der Waals surface area (Å²) in [6.07, 6.45) is 3.69. The summed E-state index contributed by atoms with van der Waals surface area (Å²) in [5, 5.41) is 18.1. The third-order valence-electron chi connectivity index (χ3n) is 8.83. The van der Waals surface area contributed by atoms with E-state index in [2.05, 4.69) is 29.3 Å². The molecule has 0 unspecified atom stereocenters. The van der Waals surface area contributed by atoms with Crippen molar-refractivity contribution in [3.8, 4) is 0 Å². The van der Waals surface area contributed by atoms with Crippen molar-refractivity contribution in [2.24, 2.45) is 11.3 Å². The highest BCUT2D eigenvalue weighted by Crippen LogP contribution is 2.47. The molecule has 3 heterocycles. The maximum Gasteiger partial charge on any atom is 0.248 e. The molecule has 2 N–H and O–H groups in total. The first-order valence-electron chi connectivity index (χ1n) is 12.1. The maximum absolute atomic E-state index is 13.5. The average Bonchev–Trinajstić information content (AvgIpc) is 3.15. The van der Waals surface area contributed by atoms with Crippen molar-refractivity contribution < 1.29 is 23.2 Å². The number of piperidine rings is 1. The molecule has 1 aromatic rings. The van der Waals surface area contributed by atoms with E-state index < -0.39 is 17.4 Å². The Morgan fingerprint density at radius 1 is 1.22 bits per heavy atom. The van der Waals surface area contributed by atoms with Crippen LogP contribution in [0.1, 0.15) is 82.8 Å². The molecule has 1 amide bonds. The Bertz CT molecular complexity index is 853. The van der Waals surface area contributed by atoms with Crippen molar-refractivity contribution in [3.05, 3.63) is 11.7 Å². The lowest BCUT2D eigenvalue weighted by Crippen LogP contribution is -2.68. The Balaban J connectivity index is 1.23. The number of aliphatic hydroxyl groups excluding tert-OH is 1. The van der Waals surface area contributed by atoms with E-state index in [-0.39, 0.29) is 42.0 Å². The molecule has 4 fully saturated rings. The molecule has 9 heteroatoms. The molecule has 0 bridgehead atoms. The zero-order chi connectivity index (χ0) is 22.7. The van der Waals surface area contributed by atoms with Gasteiger partial charge in [-0.1, -0.05) is 25.4 Å². The van der Waals surface area contributed by atoms with Gasteiger partial charge in [-0.15, -0.1) is 0 Å². The molecule has 2 atom stereocenters. The number of carbonyl (C=O) groups excluding carboxylic acids is 1. The topological polar surface area (TPSA) is 91.5 Å². The van der Waals surface area contributed by atoms with Crippen molar-refractivity contribution in [2.45, 2.75) is 94.6 Å². The number of likely N-dealkylation sites (tertiary alicyclic amines) is 1. The van der Waals surface area contributed by atoms with Crippen LogP contribution in [0.4, 0.5) is 8.78 Å². The molecule has 5 rings (SSSR count). The zero-order valence-corrected chi connectivity index (χ0v) is 18.9. The second kappa shape index (κ2) is 7.72. The van der Waals surface area contributed by atoms with E-state index in [1.165, 1.54) is 0 Å². The van der Waals surface area contributed by atoms with E-state index >= 15 is 0 Å². The summed E-state index contributed by atoms with van der Waals surface area (Å²) < 4.78 is 32.6. The number of halogens is 2. The normalized spacial score (nSPS) is 31.4. The quantitative estimate of drug-likeness (QED) is 0.730. The van der Waals surface area contributed by atoms with E-state index in [0.717, 1.165) is 19.3 Å². The third-order valence-corrected chi connectivity index (χ3v) is 8.83. The molecule has 2 saturated heterocycles. The Morgan fingerprint density at radius 2 is 1.91 bits per heavy atom. The fourth-order valence-corrected chi connectivity index (χ4v) is 5.99. The van der Waals surface area contributed by atoms with Gasteiger partial charge in [0.05, 0.1) is 17.6 Å². The number of nitrogens with one attached hydrogen (secondary N) is 1. The SMILES string of the molecule is CC(C)C1(c2nc(C3CCC(F)(F)CC3)no2)CN(C(=O)[C@@H]2C[C@@H](O)C3(CCC3)CN2)C1. The molecule has 4 aliphatic rings. The van der Waals surface area contributed by atoms with Crippen LogP contribution >= 0.6 is 0 Å². The first kappa shape index (κ1) is 22.2. The Morgan fingerprint density at radius 3 is 2.47 bits per heavy atom. The fourth-order valence-electron chi connectivity index (χ4n) is 5.99. The third kappa shape index (κ3) is 3.56. The summed E-state index contributed by atoms with van der Waals surface area (Å²) >= 11 is 0. The van der Waals surface area contributed by atoms with Crippen molar-refractivity contribution in [1.82, 2.24) is 20.4 Å². The average molecular weight is 453 g/mol. The van der Waals surface area contributed by atoms with Crippen LogP contribution in [0.5, 0.6) is 0 Å². The Labute approximate surface area is 187 Å². The van der Waals surface area contributed by atoms with Crippen molar-refractivity contribution in [3.63, 3.8) is 0 Å². The molecule has 32 heavy (non-hydrogen) atoms. The lowest BCUT2D eigenvalue weighted by atomic mass is 9.62. The van der Waals surface area contributed by atoms with E-state index in [9.17, 15) is 18.7 Å². The van der Waals surface area contributed by atoms with Crippen LogP contribution in [0.15, 0.2) is 4.52 Å². The first-order chi connectivity index (χ1) is 15.1. The van der Waals surface area contributed by atoms with Crippen LogP contribution in [0, 0.1) is 11.3 Å². The number of alkyl halides is 2. The van der Waals surface area contributed by atoms with E-state index in [0.29, 0.717) is 50.6 Å². The van der Waals surface area contributed by atoms with Crippen molar-refractivity contribution in [1.29, 1.82) is 0 Å². The van der Waals surface area contributed by atoms with Gasteiger partial charge in [-0.2, -0.15) is 4.98 Å². The number of nitrogens with zero attached hydrogens (tertiary/aromatic N) is 3. The number of aromatic nitrogens is 2. The number of aliphatic hydroxyl groups is 1. The Kier molecular flexibility index (Phi) is 5.36. The summed E-state index contributed by atoms with van der Waals surface area (Å²) in [6, 6.07) is -0.358. The van der Waals surface area contributed by atoms with Gasteiger partial charge in [0.25, 0.3) is 0 Å². The van der Waals surface area contributed by atoms with Gasteiger partial charge in [-0.25, -0.2) is 8.78 Å². The minimum atomic E-state index is -2.59. The van der Waals surface area contributed by atoms with Crippen molar-refractivity contribution in [2.75, 3.05) is 19.6 Å². The number of hydrogen-bond acceptors (Lipinski definition) is 6. The largest absolute Gasteiger partial charge is 0.392 e. The summed E-state index contributed by atoms with van der Waals surface area (Å²) in [5.41, 5.74) is -0.446. The predicted octanol–water partition coefficient (Wildman–Crippen LogP) is 2.99. The van der Waals surface area contributed by atoms with E-state index in [1.807, 2.05) is 4.90 Å². The molecular formula is C23H34F2N4O3. The highest BCUT2D eigenvalue weighted by Gasteiger charge is 2.55. The molecule has 7 nitrogen and oxygen atoms in total. The summed E-state index contributed by atoms with van der Waals surface area (Å²) in [4.78, 5) is 19.6. The van der Waals surface area contributed by atoms with Gasteiger partial charge in [0.2, 0.25) is 17.7 Å². The van der Waals surface area contributed by atoms with Gasteiger partial charge in [0.1, 0.15) is 0 Å². The summed E-state index contributed by atoms with van der Waals surface area (Å²) in [6.45, 7) is 5.84. The lowest BCUT2D eigenvalue weighted by molar-refractivity contribution is -0.149. The van der Waals surface area contributed by atoms with Crippen LogP contribution in [0.2, 0.25) is 0 Å². The summed E-state index contributed by atoms with van der Waals surface area (Å²) in [7, 11) is 0. The monoisotopic (exact) mass is 452 g/mol. The molecular weight excluding hydrogens is 418 g/mol. The second-order valence-corrected chi connectivity index (χ2v) is 11.0. The minimum Gasteiger partial charge on any atom is -0.392 e. The van der Waals surface area contributed by atoms with Gasteiger partial charge in [-0.05, 0) is 38.0 Å². The van der Waals surface area contributed by atoms with Crippen LogP contribution in [-0.2, 0) is 10.2 Å². The van der Waals surface area contributed by atoms with Gasteiger partial charge >= 0.3 is 0 Å². The maximum atomic E-state index is 13.5. The number of rotatable bonds is 4. The van der Waals surface area contributed by atoms with Gasteiger partial charge in [0.15, 0.2) is 5.82 Å². The zero-order valence-electron chi connectivity index (χ0n) is 18.9. The standard InChI is InChI=1S/C23H34F2N4O3/c1-14(2)22(20-27-18(28-32-20)15-4-8-23(24,25)9-5-15)12-29(13-22)19(31)16-10-17(30)21(11-26-16)6-3-7-21/h14-17,26,30H,3-13H2,1-2H3/t16-,17+/m0/s1. The highest BCUT2D eigenvalue weighted by molar-refractivity contribution is 5.83. The molecule has 0 aromatic carbocycles.